The van der Waals surface area contributed by atoms with Gasteiger partial charge in [-0.3, -0.25) is 9.59 Å². The molecular formula is C13H25N3O3. The van der Waals surface area contributed by atoms with Crippen LogP contribution in [0.3, 0.4) is 0 Å². The third-order valence-corrected chi connectivity index (χ3v) is 2.98. The highest BCUT2D eigenvalue weighted by Crippen LogP contribution is 2.08. The summed E-state index contributed by atoms with van der Waals surface area (Å²) in [6, 6.07) is -0.479. The maximum Gasteiger partial charge on any atom is 0.251 e. The van der Waals surface area contributed by atoms with Gasteiger partial charge in [0.05, 0.1) is 6.61 Å². The number of hydrogen-bond acceptors (Lipinski definition) is 4. The summed E-state index contributed by atoms with van der Waals surface area (Å²) < 4.78 is 5.39. The standard InChI is InChI=1S/C13H25N3O3/c1-9(2)7-10(13(18)16(3)4)15-12(17)11-8-14-5-6-19-11/h9-11,14H,5-8H2,1-4H3,(H,15,17). The minimum atomic E-state index is -0.502. The van der Waals surface area contributed by atoms with Gasteiger partial charge in [0.15, 0.2) is 0 Å². The highest BCUT2D eigenvalue weighted by molar-refractivity contribution is 5.89. The van der Waals surface area contributed by atoms with Crippen molar-refractivity contribution in [2.45, 2.75) is 32.4 Å². The van der Waals surface area contributed by atoms with Crippen LogP contribution in [0.15, 0.2) is 0 Å². The molecule has 1 saturated heterocycles. The highest BCUT2D eigenvalue weighted by Gasteiger charge is 2.28. The molecule has 0 aromatic heterocycles. The van der Waals surface area contributed by atoms with Gasteiger partial charge in [0.2, 0.25) is 5.91 Å². The molecule has 19 heavy (non-hydrogen) atoms. The van der Waals surface area contributed by atoms with Crippen LogP contribution >= 0.6 is 0 Å². The van der Waals surface area contributed by atoms with E-state index in [2.05, 4.69) is 10.6 Å². The molecule has 6 nitrogen and oxygen atoms in total. The monoisotopic (exact) mass is 271 g/mol. The molecule has 6 heteroatoms. The van der Waals surface area contributed by atoms with Gasteiger partial charge in [0.1, 0.15) is 12.1 Å². The molecule has 2 N–H and O–H groups in total. The fourth-order valence-corrected chi connectivity index (χ4v) is 2.00. The molecule has 2 amide bonds. The van der Waals surface area contributed by atoms with Crippen molar-refractivity contribution in [3.8, 4) is 0 Å². The molecule has 110 valence electrons. The molecule has 1 heterocycles. The van der Waals surface area contributed by atoms with E-state index in [-0.39, 0.29) is 11.8 Å². The second kappa shape index (κ2) is 7.45. The van der Waals surface area contributed by atoms with Crippen molar-refractivity contribution in [3.05, 3.63) is 0 Å². The minimum Gasteiger partial charge on any atom is -0.366 e. The molecule has 0 spiro atoms. The Kier molecular flexibility index (Phi) is 6.24. The molecule has 0 aliphatic carbocycles. The zero-order valence-electron chi connectivity index (χ0n) is 12.2. The SMILES string of the molecule is CC(C)CC(NC(=O)C1CNCCO1)C(=O)N(C)C. The van der Waals surface area contributed by atoms with Gasteiger partial charge in [-0.2, -0.15) is 0 Å². The van der Waals surface area contributed by atoms with Crippen LogP contribution in [-0.4, -0.2) is 62.7 Å². The molecular weight excluding hydrogens is 246 g/mol. The molecule has 0 aromatic carbocycles. The minimum absolute atomic E-state index is 0.0779. The molecule has 1 aliphatic rings. The zero-order valence-corrected chi connectivity index (χ0v) is 12.2. The lowest BCUT2D eigenvalue weighted by Crippen LogP contribution is -2.54. The van der Waals surface area contributed by atoms with Gasteiger partial charge in [-0.15, -0.1) is 0 Å². The Bertz CT molecular complexity index is 312. The van der Waals surface area contributed by atoms with Crippen LogP contribution in [0.4, 0.5) is 0 Å². The summed E-state index contributed by atoms with van der Waals surface area (Å²) in [5.41, 5.74) is 0. The summed E-state index contributed by atoms with van der Waals surface area (Å²) in [5.74, 6) is 0.0402. The number of carbonyl (C=O) groups is 2. The van der Waals surface area contributed by atoms with E-state index in [0.717, 1.165) is 6.54 Å². The van der Waals surface area contributed by atoms with Crippen molar-refractivity contribution < 1.29 is 14.3 Å². The summed E-state index contributed by atoms with van der Waals surface area (Å²) in [6.07, 6.45) is 0.126. The van der Waals surface area contributed by atoms with E-state index in [1.807, 2.05) is 13.8 Å². The molecule has 2 unspecified atom stereocenters. The zero-order chi connectivity index (χ0) is 14.4. The fraction of sp³-hybridized carbons (Fsp3) is 0.846. The molecule has 0 aromatic rings. The lowest BCUT2D eigenvalue weighted by atomic mass is 10.0. The molecule has 0 saturated carbocycles. The van der Waals surface area contributed by atoms with Crippen LogP contribution in [0, 0.1) is 5.92 Å². The summed E-state index contributed by atoms with van der Waals surface area (Å²) >= 11 is 0. The second-order valence-electron chi connectivity index (χ2n) is 5.49. The van der Waals surface area contributed by atoms with Crippen molar-refractivity contribution in [1.29, 1.82) is 0 Å². The second-order valence-corrected chi connectivity index (χ2v) is 5.49. The van der Waals surface area contributed by atoms with Crippen molar-refractivity contribution in [2.24, 2.45) is 5.92 Å². The van der Waals surface area contributed by atoms with Gasteiger partial charge in [0.25, 0.3) is 5.91 Å². The molecule has 0 radical (unpaired) electrons. The first-order valence-corrected chi connectivity index (χ1v) is 6.75. The largest absolute Gasteiger partial charge is 0.366 e. The molecule has 1 rings (SSSR count). The Balaban J connectivity index is 2.60. The molecule has 0 bridgehead atoms. The number of morpholine rings is 1. The first-order valence-electron chi connectivity index (χ1n) is 6.75. The average molecular weight is 271 g/mol. The van der Waals surface area contributed by atoms with E-state index >= 15 is 0 Å². The number of hydrogen-bond donors (Lipinski definition) is 2. The number of nitrogens with zero attached hydrogens (tertiary/aromatic N) is 1. The predicted octanol–water partition coefficient (Wildman–Crippen LogP) is -0.406. The van der Waals surface area contributed by atoms with E-state index in [0.29, 0.717) is 25.5 Å². The predicted molar refractivity (Wildman–Crippen MR) is 72.7 cm³/mol. The Morgan fingerprint density at radius 2 is 2.11 bits per heavy atom. The normalized spacial score (nSPS) is 21.0. The first kappa shape index (κ1) is 15.9. The Hall–Kier alpha value is -1.14. The van der Waals surface area contributed by atoms with Crippen molar-refractivity contribution in [2.75, 3.05) is 33.8 Å². The van der Waals surface area contributed by atoms with Crippen molar-refractivity contribution >= 4 is 11.8 Å². The quantitative estimate of drug-likeness (QED) is 0.713. The van der Waals surface area contributed by atoms with Gasteiger partial charge >= 0.3 is 0 Å². The van der Waals surface area contributed by atoms with Crippen LogP contribution < -0.4 is 10.6 Å². The lowest BCUT2D eigenvalue weighted by molar-refractivity contribution is -0.140. The smallest absolute Gasteiger partial charge is 0.251 e. The van der Waals surface area contributed by atoms with E-state index in [9.17, 15) is 9.59 Å². The van der Waals surface area contributed by atoms with Gasteiger partial charge in [-0.25, -0.2) is 0 Å². The fourth-order valence-electron chi connectivity index (χ4n) is 2.00. The number of carbonyl (C=O) groups excluding carboxylic acids is 2. The van der Waals surface area contributed by atoms with Crippen LogP contribution in [0.2, 0.25) is 0 Å². The number of rotatable bonds is 5. The van der Waals surface area contributed by atoms with E-state index in [1.165, 1.54) is 4.90 Å². The first-order chi connectivity index (χ1) is 8.91. The van der Waals surface area contributed by atoms with Gasteiger partial charge in [0, 0.05) is 27.2 Å². The van der Waals surface area contributed by atoms with E-state index < -0.39 is 12.1 Å². The Morgan fingerprint density at radius 1 is 1.42 bits per heavy atom. The number of likely N-dealkylation sites (N-methyl/N-ethyl adjacent to an activating group) is 1. The molecule has 1 fully saturated rings. The van der Waals surface area contributed by atoms with Gasteiger partial charge in [-0.1, -0.05) is 13.8 Å². The van der Waals surface area contributed by atoms with Crippen molar-refractivity contribution in [1.82, 2.24) is 15.5 Å². The van der Waals surface area contributed by atoms with Crippen LogP contribution in [0.25, 0.3) is 0 Å². The van der Waals surface area contributed by atoms with E-state index in [1.54, 1.807) is 14.1 Å². The molecule has 1 aliphatic heterocycles. The maximum absolute atomic E-state index is 12.1. The van der Waals surface area contributed by atoms with Crippen LogP contribution in [0.1, 0.15) is 20.3 Å². The lowest BCUT2D eigenvalue weighted by Gasteiger charge is -2.27. The van der Waals surface area contributed by atoms with Crippen LogP contribution in [-0.2, 0) is 14.3 Å². The summed E-state index contributed by atoms with van der Waals surface area (Å²) in [6.45, 7) is 5.84. The molecule has 2 atom stereocenters. The third-order valence-electron chi connectivity index (χ3n) is 2.98. The average Bonchev–Trinajstić information content (AvgIpc) is 2.37. The van der Waals surface area contributed by atoms with E-state index in [4.69, 9.17) is 4.74 Å². The topological polar surface area (TPSA) is 70.7 Å². The highest BCUT2D eigenvalue weighted by atomic mass is 16.5. The van der Waals surface area contributed by atoms with Crippen LogP contribution in [0.5, 0.6) is 0 Å². The number of amides is 2. The van der Waals surface area contributed by atoms with Gasteiger partial charge in [-0.05, 0) is 12.3 Å². The summed E-state index contributed by atoms with van der Waals surface area (Å²) in [7, 11) is 3.39. The summed E-state index contributed by atoms with van der Waals surface area (Å²) in [5, 5.41) is 5.90. The summed E-state index contributed by atoms with van der Waals surface area (Å²) in [4.78, 5) is 25.6. The maximum atomic E-state index is 12.1. The Morgan fingerprint density at radius 3 is 2.58 bits per heavy atom. The van der Waals surface area contributed by atoms with Gasteiger partial charge < -0.3 is 20.3 Å². The number of nitrogens with one attached hydrogen (secondary N) is 2. The Labute approximate surface area is 114 Å². The van der Waals surface area contributed by atoms with Crippen molar-refractivity contribution in [3.63, 3.8) is 0 Å². The number of ether oxygens (including phenoxy) is 1. The third kappa shape index (κ3) is 5.16.